The Morgan fingerprint density at radius 2 is 1.93 bits per heavy atom. The van der Waals surface area contributed by atoms with E-state index < -0.39 is 17.9 Å². The van der Waals surface area contributed by atoms with Gasteiger partial charge in [-0.25, -0.2) is 5.43 Å². The summed E-state index contributed by atoms with van der Waals surface area (Å²) in [6.45, 7) is 1.17. The largest absolute Gasteiger partial charge is 0.480 e. The van der Waals surface area contributed by atoms with Gasteiger partial charge in [0.15, 0.2) is 0 Å². The van der Waals surface area contributed by atoms with Crippen LogP contribution in [-0.2, 0) is 14.4 Å². The molecule has 0 unspecified atom stereocenters. The van der Waals surface area contributed by atoms with Crippen molar-refractivity contribution in [2.45, 2.75) is 13.0 Å². The van der Waals surface area contributed by atoms with Crippen LogP contribution in [0.15, 0.2) is 0 Å². The molecule has 2 amide bonds. The Balaban J connectivity index is 3.66. The zero-order valence-corrected chi connectivity index (χ0v) is 9.63. The van der Waals surface area contributed by atoms with Gasteiger partial charge in [-0.3, -0.25) is 19.8 Å². The van der Waals surface area contributed by atoms with E-state index in [-0.39, 0.29) is 17.8 Å². The Hall–Kier alpha value is -1.15. The van der Waals surface area contributed by atoms with Gasteiger partial charge in [0.05, 0.1) is 11.9 Å². The summed E-state index contributed by atoms with van der Waals surface area (Å²) >= 11 is 2.91. The quantitative estimate of drug-likeness (QED) is 0.354. The van der Waals surface area contributed by atoms with Crippen molar-refractivity contribution < 1.29 is 19.5 Å². The SMILES string of the molecule is C[C@@H](NNC(=O)CNC(=O)CBr)C(=O)O. The number of hydrazine groups is 1. The molecule has 0 aromatic rings. The van der Waals surface area contributed by atoms with Crippen LogP contribution in [0.3, 0.4) is 0 Å². The molecule has 15 heavy (non-hydrogen) atoms. The molecule has 86 valence electrons. The normalized spacial score (nSPS) is 11.6. The predicted octanol–water partition coefficient (Wildman–Crippen LogP) is -1.41. The van der Waals surface area contributed by atoms with Crippen molar-refractivity contribution in [3.8, 4) is 0 Å². The minimum Gasteiger partial charge on any atom is -0.480 e. The van der Waals surface area contributed by atoms with E-state index in [4.69, 9.17) is 5.11 Å². The topological polar surface area (TPSA) is 108 Å². The lowest BCUT2D eigenvalue weighted by molar-refractivity contribution is -0.139. The number of alkyl halides is 1. The van der Waals surface area contributed by atoms with Gasteiger partial charge < -0.3 is 10.4 Å². The third kappa shape index (κ3) is 6.86. The molecule has 0 aromatic carbocycles. The summed E-state index contributed by atoms with van der Waals surface area (Å²) in [7, 11) is 0. The molecule has 4 N–H and O–H groups in total. The molecule has 0 saturated carbocycles. The van der Waals surface area contributed by atoms with Crippen LogP contribution in [0.5, 0.6) is 0 Å². The number of rotatable bonds is 6. The van der Waals surface area contributed by atoms with Gasteiger partial charge in [-0.1, -0.05) is 15.9 Å². The second kappa shape index (κ2) is 7.18. The highest BCUT2D eigenvalue weighted by Gasteiger charge is 2.11. The maximum absolute atomic E-state index is 11.0. The fraction of sp³-hybridized carbons (Fsp3) is 0.571. The van der Waals surface area contributed by atoms with Gasteiger partial charge >= 0.3 is 5.97 Å². The summed E-state index contributed by atoms with van der Waals surface area (Å²) in [4.78, 5) is 32.0. The van der Waals surface area contributed by atoms with Crippen molar-refractivity contribution in [3.05, 3.63) is 0 Å². The van der Waals surface area contributed by atoms with Crippen molar-refractivity contribution in [3.63, 3.8) is 0 Å². The molecule has 8 heteroatoms. The first kappa shape index (κ1) is 13.8. The lowest BCUT2D eigenvalue weighted by Crippen LogP contribution is -2.49. The highest BCUT2D eigenvalue weighted by atomic mass is 79.9. The third-order valence-corrected chi connectivity index (χ3v) is 1.88. The Labute approximate surface area is 94.7 Å². The molecule has 0 rings (SSSR count). The molecule has 0 aliphatic rings. The lowest BCUT2D eigenvalue weighted by atomic mass is 10.4. The molecule has 0 aliphatic carbocycles. The van der Waals surface area contributed by atoms with Crippen LogP contribution in [0.1, 0.15) is 6.92 Å². The number of carboxylic acid groups (broad SMARTS) is 1. The van der Waals surface area contributed by atoms with E-state index in [0.717, 1.165) is 0 Å². The molecule has 0 aromatic heterocycles. The summed E-state index contributed by atoms with van der Waals surface area (Å²) in [6.07, 6.45) is 0. The predicted molar refractivity (Wildman–Crippen MR) is 55.2 cm³/mol. The number of aliphatic carboxylic acids is 1. The highest BCUT2D eigenvalue weighted by molar-refractivity contribution is 9.09. The molecule has 0 radical (unpaired) electrons. The maximum atomic E-state index is 11.0. The van der Waals surface area contributed by atoms with E-state index in [2.05, 4.69) is 32.1 Å². The van der Waals surface area contributed by atoms with Crippen LogP contribution in [0.2, 0.25) is 0 Å². The van der Waals surface area contributed by atoms with Gasteiger partial charge in [0.1, 0.15) is 6.04 Å². The number of carboxylic acids is 1. The Morgan fingerprint density at radius 3 is 2.40 bits per heavy atom. The van der Waals surface area contributed by atoms with Gasteiger partial charge in [-0.15, -0.1) is 0 Å². The molecule has 0 aliphatic heterocycles. The first-order valence-electron chi connectivity index (χ1n) is 4.07. The van der Waals surface area contributed by atoms with Gasteiger partial charge in [0.2, 0.25) is 5.91 Å². The van der Waals surface area contributed by atoms with E-state index in [1.807, 2.05) is 0 Å². The Kier molecular flexibility index (Phi) is 6.63. The zero-order valence-electron chi connectivity index (χ0n) is 8.04. The molecule has 0 bridgehead atoms. The van der Waals surface area contributed by atoms with Crippen LogP contribution in [0.4, 0.5) is 0 Å². The number of carbonyl (C=O) groups is 3. The summed E-state index contributed by atoms with van der Waals surface area (Å²) in [5.74, 6) is -1.92. The highest BCUT2D eigenvalue weighted by Crippen LogP contribution is 1.78. The number of hydrogen-bond donors (Lipinski definition) is 4. The smallest absolute Gasteiger partial charge is 0.322 e. The summed E-state index contributed by atoms with van der Waals surface area (Å²) in [5, 5.41) is 10.9. The van der Waals surface area contributed by atoms with Gasteiger partial charge in [0.25, 0.3) is 5.91 Å². The van der Waals surface area contributed by atoms with E-state index >= 15 is 0 Å². The second-order valence-corrected chi connectivity index (χ2v) is 3.22. The van der Waals surface area contributed by atoms with Crippen LogP contribution in [-0.4, -0.2) is 40.8 Å². The monoisotopic (exact) mass is 281 g/mol. The summed E-state index contributed by atoms with van der Waals surface area (Å²) in [6, 6.07) is -0.888. The van der Waals surface area contributed by atoms with Crippen LogP contribution >= 0.6 is 15.9 Å². The van der Waals surface area contributed by atoms with Crippen molar-refractivity contribution in [1.82, 2.24) is 16.2 Å². The third-order valence-electron chi connectivity index (χ3n) is 1.37. The lowest BCUT2D eigenvalue weighted by Gasteiger charge is -2.10. The standard InChI is InChI=1S/C7H12BrN3O4/c1-4(7(14)15)10-11-6(13)3-9-5(12)2-8/h4,10H,2-3H2,1H3,(H,9,12)(H,11,13)(H,14,15)/t4-/m1/s1. The van der Waals surface area contributed by atoms with E-state index in [9.17, 15) is 14.4 Å². The van der Waals surface area contributed by atoms with Gasteiger partial charge in [-0.2, -0.15) is 0 Å². The van der Waals surface area contributed by atoms with Crippen molar-refractivity contribution >= 4 is 33.7 Å². The molecule has 0 fully saturated rings. The van der Waals surface area contributed by atoms with E-state index in [1.165, 1.54) is 6.92 Å². The Morgan fingerprint density at radius 1 is 1.33 bits per heavy atom. The van der Waals surface area contributed by atoms with Crippen LogP contribution in [0, 0.1) is 0 Å². The molecule has 0 saturated heterocycles. The van der Waals surface area contributed by atoms with Gasteiger partial charge in [-0.05, 0) is 6.92 Å². The van der Waals surface area contributed by atoms with E-state index in [0.29, 0.717) is 0 Å². The Bertz CT molecular complexity index is 259. The van der Waals surface area contributed by atoms with Crippen molar-refractivity contribution in [1.29, 1.82) is 0 Å². The van der Waals surface area contributed by atoms with E-state index in [1.54, 1.807) is 0 Å². The van der Waals surface area contributed by atoms with Crippen LogP contribution < -0.4 is 16.2 Å². The average molecular weight is 282 g/mol. The molecular formula is C7H12BrN3O4. The fourth-order valence-electron chi connectivity index (χ4n) is 0.521. The van der Waals surface area contributed by atoms with Gasteiger partial charge in [0, 0.05) is 0 Å². The number of carbonyl (C=O) groups excluding carboxylic acids is 2. The minimum atomic E-state index is -1.08. The molecule has 1 atom stereocenters. The molecule has 0 heterocycles. The molecule has 0 spiro atoms. The minimum absolute atomic E-state index is 0.110. The first-order valence-corrected chi connectivity index (χ1v) is 5.19. The summed E-state index contributed by atoms with van der Waals surface area (Å²) < 4.78 is 0. The molecular weight excluding hydrogens is 270 g/mol. The van der Waals surface area contributed by atoms with Crippen molar-refractivity contribution in [2.24, 2.45) is 0 Å². The first-order chi connectivity index (χ1) is 6.97. The van der Waals surface area contributed by atoms with Crippen LogP contribution in [0.25, 0.3) is 0 Å². The average Bonchev–Trinajstić information content (AvgIpc) is 2.21. The maximum Gasteiger partial charge on any atom is 0.322 e. The second-order valence-electron chi connectivity index (χ2n) is 2.66. The fourth-order valence-corrected chi connectivity index (χ4v) is 0.719. The number of halogens is 1. The molecule has 7 nitrogen and oxygen atoms in total. The zero-order chi connectivity index (χ0) is 11.8. The van der Waals surface area contributed by atoms with Crippen molar-refractivity contribution in [2.75, 3.05) is 11.9 Å². The summed E-state index contributed by atoms with van der Waals surface area (Å²) in [5.41, 5.74) is 4.40. The number of nitrogens with one attached hydrogen (secondary N) is 3. The number of amides is 2. The number of hydrogen-bond acceptors (Lipinski definition) is 4.